The average molecular weight is 511 g/mol. The molecule has 2 aromatic carbocycles. The van der Waals surface area contributed by atoms with Crippen molar-refractivity contribution in [3.63, 3.8) is 0 Å². The van der Waals surface area contributed by atoms with Crippen molar-refractivity contribution >= 4 is 16.7 Å². The lowest BCUT2D eigenvalue weighted by Crippen LogP contribution is -2.33. The van der Waals surface area contributed by atoms with Gasteiger partial charge in [0.1, 0.15) is 11.6 Å². The topological polar surface area (TPSA) is 51.0 Å². The number of pyridine rings is 1. The van der Waals surface area contributed by atoms with Gasteiger partial charge < -0.3 is 4.57 Å². The number of imidazole rings is 1. The van der Waals surface area contributed by atoms with Crippen LogP contribution in [-0.4, -0.2) is 38.3 Å². The Labute approximate surface area is 223 Å². The first-order chi connectivity index (χ1) is 18.5. The van der Waals surface area contributed by atoms with Gasteiger partial charge in [-0.05, 0) is 61.9 Å². The third-order valence-electron chi connectivity index (χ3n) is 8.66. The van der Waals surface area contributed by atoms with Crippen molar-refractivity contribution in [2.24, 2.45) is 18.9 Å². The summed E-state index contributed by atoms with van der Waals surface area (Å²) in [5, 5.41) is 0.967. The van der Waals surface area contributed by atoms with Crippen LogP contribution < -0.4 is 0 Å². The lowest BCUT2D eigenvalue weighted by molar-refractivity contribution is 0.0941. The molecule has 0 spiro atoms. The first kappa shape index (κ1) is 24.9. The molecule has 1 aliphatic carbocycles. The van der Waals surface area contributed by atoms with Crippen molar-refractivity contribution in [2.75, 3.05) is 13.1 Å². The molecule has 1 saturated carbocycles. The molecular formula is C32H35FN4O. The number of benzene rings is 2. The molecule has 4 aromatic rings. The standard InChI is InChI=1S/C32H35FN4O/c1-36-30-15-18-37(21-29(30)35-32(36)24-5-2-6-25(33)20-24)17-14-22-10-12-23(13-11-22)19-31(38)27-7-3-9-28-26(27)8-4-16-34-28/h2-9,16,20,22-23H,10-15,17-19,21H2,1H3. The predicted octanol–water partition coefficient (Wildman–Crippen LogP) is 6.60. The molecule has 0 bridgehead atoms. The minimum atomic E-state index is -0.227. The molecule has 0 unspecified atom stereocenters. The fraction of sp³-hybridized carbons (Fsp3) is 0.406. The number of hydrogen-bond donors (Lipinski definition) is 0. The van der Waals surface area contributed by atoms with E-state index in [9.17, 15) is 9.18 Å². The summed E-state index contributed by atoms with van der Waals surface area (Å²) in [4.78, 5) is 24.9. The maximum Gasteiger partial charge on any atom is 0.163 e. The number of ketones is 1. The van der Waals surface area contributed by atoms with Gasteiger partial charge in [0.15, 0.2) is 5.78 Å². The van der Waals surface area contributed by atoms with E-state index in [-0.39, 0.29) is 11.6 Å². The molecule has 38 heavy (non-hydrogen) atoms. The predicted molar refractivity (Wildman–Crippen MR) is 148 cm³/mol. The van der Waals surface area contributed by atoms with Crippen LogP contribution in [0.5, 0.6) is 0 Å². The van der Waals surface area contributed by atoms with Crippen molar-refractivity contribution in [3.05, 3.63) is 83.6 Å². The number of aromatic nitrogens is 3. The third kappa shape index (κ3) is 5.14. The van der Waals surface area contributed by atoms with Crippen LogP contribution in [0.2, 0.25) is 0 Å². The van der Waals surface area contributed by atoms with Gasteiger partial charge in [-0.25, -0.2) is 9.37 Å². The molecule has 6 rings (SSSR count). The van der Waals surface area contributed by atoms with Crippen molar-refractivity contribution in [3.8, 4) is 11.4 Å². The van der Waals surface area contributed by atoms with E-state index in [0.717, 1.165) is 78.4 Å². The van der Waals surface area contributed by atoms with Crippen molar-refractivity contribution < 1.29 is 9.18 Å². The summed E-state index contributed by atoms with van der Waals surface area (Å²) in [6.07, 6.45) is 9.30. The molecular weight excluding hydrogens is 475 g/mol. The SMILES string of the molecule is Cn1c(-c2cccc(F)c2)nc2c1CCN(CCC1CCC(CC(=O)c3cccc4ncccc34)CC1)C2. The normalized spacial score (nSPS) is 19.9. The maximum absolute atomic E-state index is 13.8. The first-order valence-electron chi connectivity index (χ1n) is 13.9. The molecule has 1 aliphatic heterocycles. The van der Waals surface area contributed by atoms with Gasteiger partial charge in [0, 0.05) is 61.4 Å². The van der Waals surface area contributed by atoms with Gasteiger partial charge in [0.2, 0.25) is 0 Å². The summed E-state index contributed by atoms with van der Waals surface area (Å²) in [6.45, 7) is 2.99. The fourth-order valence-corrected chi connectivity index (χ4v) is 6.47. The Balaban J connectivity index is 0.999. The maximum atomic E-state index is 13.8. The monoisotopic (exact) mass is 510 g/mol. The van der Waals surface area contributed by atoms with Crippen LogP contribution in [0.1, 0.15) is 60.3 Å². The Morgan fingerprint density at radius 2 is 1.84 bits per heavy atom. The highest BCUT2D eigenvalue weighted by molar-refractivity contribution is 6.07. The number of carbonyl (C=O) groups excluding carboxylic acids is 1. The fourth-order valence-electron chi connectivity index (χ4n) is 6.47. The van der Waals surface area contributed by atoms with Crippen LogP contribution in [0.25, 0.3) is 22.3 Å². The van der Waals surface area contributed by atoms with Crippen molar-refractivity contribution in [2.45, 2.75) is 51.5 Å². The summed E-state index contributed by atoms with van der Waals surface area (Å²) >= 11 is 0. The number of Topliss-reactive ketones (excluding diaryl/α,β-unsaturated/α-hetero) is 1. The molecule has 3 heterocycles. The Morgan fingerprint density at radius 1 is 1.03 bits per heavy atom. The van der Waals surface area contributed by atoms with Gasteiger partial charge >= 0.3 is 0 Å². The second-order valence-electron chi connectivity index (χ2n) is 11.1. The number of carbonyl (C=O) groups is 1. The van der Waals surface area contributed by atoms with Crippen LogP contribution in [0.3, 0.4) is 0 Å². The second-order valence-corrected chi connectivity index (χ2v) is 11.1. The molecule has 6 heteroatoms. The van der Waals surface area contributed by atoms with Crippen LogP contribution in [0, 0.1) is 17.7 Å². The summed E-state index contributed by atoms with van der Waals surface area (Å²) in [6, 6.07) is 16.5. The minimum absolute atomic E-state index is 0.227. The van der Waals surface area contributed by atoms with Gasteiger partial charge in [0.25, 0.3) is 0 Å². The Kier molecular flexibility index (Phi) is 7.07. The number of hydrogen-bond acceptors (Lipinski definition) is 4. The van der Waals surface area contributed by atoms with E-state index in [1.165, 1.54) is 31.0 Å². The summed E-state index contributed by atoms with van der Waals surface area (Å²) in [5.74, 6) is 2.09. The molecule has 0 radical (unpaired) electrons. The largest absolute Gasteiger partial charge is 0.331 e. The molecule has 2 aromatic heterocycles. The van der Waals surface area contributed by atoms with E-state index in [4.69, 9.17) is 4.98 Å². The highest BCUT2D eigenvalue weighted by Crippen LogP contribution is 2.34. The molecule has 0 atom stereocenters. The molecule has 0 N–H and O–H groups in total. The highest BCUT2D eigenvalue weighted by Gasteiger charge is 2.27. The lowest BCUT2D eigenvalue weighted by Gasteiger charge is -2.31. The molecule has 5 nitrogen and oxygen atoms in total. The Hall–Kier alpha value is -3.38. The van der Waals surface area contributed by atoms with Gasteiger partial charge in [-0.15, -0.1) is 0 Å². The first-order valence-corrected chi connectivity index (χ1v) is 13.9. The number of fused-ring (bicyclic) bond motifs is 2. The minimum Gasteiger partial charge on any atom is -0.331 e. The smallest absolute Gasteiger partial charge is 0.163 e. The number of rotatable bonds is 7. The Morgan fingerprint density at radius 3 is 2.68 bits per heavy atom. The van der Waals surface area contributed by atoms with Gasteiger partial charge in [0.05, 0.1) is 11.2 Å². The van der Waals surface area contributed by atoms with Crippen LogP contribution >= 0.6 is 0 Å². The summed E-state index contributed by atoms with van der Waals surface area (Å²) < 4.78 is 15.9. The summed E-state index contributed by atoms with van der Waals surface area (Å²) in [7, 11) is 2.04. The third-order valence-corrected chi connectivity index (χ3v) is 8.66. The highest BCUT2D eigenvalue weighted by atomic mass is 19.1. The van der Waals surface area contributed by atoms with Gasteiger partial charge in [-0.1, -0.05) is 43.2 Å². The number of nitrogens with zero attached hydrogens (tertiary/aromatic N) is 4. The zero-order chi connectivity index (χ0) is 26.1. The van der Waals surface area contributed by atoms with Gasteiger partial charge in [-0.3, -0.25) is 14.7 Å². The zero-order valence-corrected chi connectivity index (χ0v) is 22.1. The zero-order valence-electron chi connectivity index (χ0n) is 22.1. The van der Waals surface area contributed by atoms with Crippen LogP contribution in [0.15, 0.2) is 60.8 Å². The molecule has 2 aliphatic rings. The Bertz CT molecular complexity index is 1450. The van der Waals surface area contributed by atoms with E-state index < -0.39 is 0 Å². The van der Waals surface area contributed by atoms with E-state index in [0.29, 0.717) is 12.3 Å². The second kappa shape index (κ2) is 10.8. The van der Waals surface area contributed by atoms with Crippen LogP contribution in [0.4, 0.5) is 4.39 Å². The van der Waals surface area contributed by atoms with E-state index in [1.807, 2.05) is 43.4 Å². The van der Waals surface area contributed by atoms with E-state index >= 15 is 0 Å². The molecule has 0 amide bonds. The van der Waals surface area contributed by atoms with Gasteiger partial charge in [-0.2, -0.15) is 0 Å². The quantitative estimate of drug-likeness (QED) is 0.263. The molecule has 0 saturated heterocycles. The van der Waals surface area contributed by atoms with Crippen molar-refractivity contribution in [1.29, 1.82) is 0 Å². The van der Waals surface area contributed by atoms with Crippen LogP contribution in [-0.2, 0) is 20.0 Å². The number of halogens is 1. The van der Waals surface area contributed by atoms with E-state index in [1.54, 1.807) is 18.3 Å². The molecule has 196 valence electrons. The molecule has 1 fully saturated rings. The lowest BCUT2D eigenvalue weighted by atomic mass is 9.78. The average Bonchev–Trinajstić information content (AvgIpc) is 3.28. The van der Waals surface area contributed by atoms with E-state index in [2.05, 4.69) is 14.5 Å². The van der Waals surface area contributed by atoms with Crippen molar-refractivity contribution in [1.82, 2.24) is 19.4 Å². The summed E-state index contributed by atoms with van der Waals surface area (Å²) in [5.41, 5.74) is 4.94.